The molecule has 2 amide bonds. The fraction of sp³-hybridized carbons (Fsp3) is 0.750. The number of aliphatic hydroxyl groups excluding tert-OH is 1. The highest BCUT2D eigenvalue weighted by Crippen LogP contribution is 2.31. The summed E-state index contributed by atoms with van der Waals surface area (Å²) >= 11 is 0. The van der Waals surface area contributed by atoms with E-state index in [0.717, 1.165) is 13.2 Å². The molecule has 2 fully saturated rings. The third kappa shape index (κ3) is 4.59. The van der Waals surface area contributed by atoms with Crippen molar-refractivity contribution in [2.24, 2.45) is 11.8 Å². The lowest BCUT2D eigenvalue weighted by atomic mass is 9.81. The third-order valence-corrected chi connectivity index (χ3v) is 4.31. The Hall–Kier alpha value is -1.31. The van der Waals surface area contributed by atoms with E-state index >= 15 is 0 Å². The summed E-state index contributed by atoms with van der Waals surface area (Å²) in [5.41, 5.74) is 0. The minimum Gasteiger partial charge on any atom is -0.387 e. The van der Waals surface area contributed by atoms with Crippen LogP contribution in [0.15, 0.2) is 12.2 Å². The predicted molar refractivity (Wildman–Crippen MR) is 80.3 cm³/mol. The lowest BCUT2D eigenvalue weighted by Gasteiger charge is -2.38. The molecule has 0 aliphatic carbocycles. The lowest BCUT2D eigenvalue weighted by Crippen LogP contribution is -2.53. The summed E-state index contributed by atoms with van der Waals surface area (Å²) in [6, 6.07) is 0. The van der Waals surface area contributed by atoms with Crippen molar-refractivity contribution in [1.82, 2.24) is 5.32 Å². The molecule has 7 heteroatoms. The van der Waals surface area contributed by atoms with Crippen LogP contribution < -0.4 is 5.32 Å². The average Bonchev–Trinajstić information content (AvgIpc) is 3.10. The summed E-state index contributed by atoms with van der Waals surface area (Å²) in [6.45, 7) is 3.86. The summed E-state index contributed by atoms with van der Waals surface area (Å²) in [7, 11) is 0. The van der Waals surface area contributed by atoms with Gasteiger partial charge in [-0.25, -0.2) is 4.39 Å². The van der Waals surface area contributed by atoms with Crippen LogP contribution in [-0.4, -0.2) is 55.1 Å². The molecule has 5 atom stereocenters. The number of aliphatic hydroxyl groups is 1. The summed E-state index contributed by atoms with van der Waals surface area (Å²) in [5, 5.41) is 11.9. The van der Waals surface area contributed by atoms with Crippen molar-refractivity contribution in [3.05, 3.63) is 12.2 Å². The zero-order chi connectivity index (χ0) is 16.8. The predicted octanol–water partition coefficient (Wildman–Crippen LogP) is 0.736. The van der Waals surface area contributed by atoms with Gasteiger partial charge >= 0.3 is 0 Å². The number of alkyl halides is 1. The van der Waals surface area contributed by atoms with E-state index in [-0.39, 0.29) is 6.61 Å². The molecule has 3 aliphatic heterocycles. The number of imide groups is 1. The molecule has 2 N–H and O–H groups in total. The van der Waals surface area contributed by atoms with Gasteiger partial charge in [0.1, 0.15) is 12.3 Å². The van der Waals surface area contributed by atoms with E-state index in [1.54, 1.807) is 6.92 Å². The van der Waals surface area contributed by atoms with Crippen LogP contribution in [0.4, 0.5) is 4.39 Å². The number of nitrogens with one attached hydrogen (secondary N) is 1. The van der Waals surface area contributed by atoms with Gasteiger partial charge in [-0.05, 0) is 19.3 Å². The zero-order valence-corrected chi connectivity index (χ0v) is 13.2. The SMILES string of the molecule is C1CCOC1.CCC1OCC(C2C=CC(=O)NC2=O)C(F)C1O. The van der Waals surface area contributed by atoms with Crippen molar-refractivity contribution in [3.8, 4) is 0 Å². The first-order valence-electron chi connectivity index (χ1n) is 8.09. The van der Waals surface area contributed by atoms with Crippen LogP contribution >= 0.6 is 0 Å². The average molecular weight is 329 g/mol. The number of amides is 2. The van der Waals surface area contributed by atoms with Gasteiger partial charge in [-0.3, -0.25) is 14.9 Å². The molecule has 0 saturated carbocycles. The van der Waals surface area contributed by atoms with Crippen LogP contribution in [0, 0.1) is 11.8 Å². The van der Waals surface area contributed by atoms with Crippen molar-refractivity contribution < 1.29 is 28.6 Å². The van der Waals surface area contributed by atoms with Gasteiger partial charge in [0, 0.05) is 25.2 Å². The summed E-state index contributed by atoms with van der Waals surface area (Å²) < 4.78 is 24.4. The zero-order valence-electron chi connectivity index (χ0n) is 13.2. The first-order chi connectivity index (χ1) is 11.0. The molecule has 2 saturated heterocycles. The van der Waals surface area contributed by atoms with Crippen LogP contribution in [0.2, 0.25) is 0 Å². The molecule has 0 aromatic rings. The van der Waals surface area contributed by atoms with Crippen LogP contribution in [0.5, 0.6) is 0 Å². The summed E-state index contributed by atoms with van der Waals surface area (Å²) in [5.74, 6) is -2.58. The van der Waals surface area contributed by atoms with E-state index in [9.17, 15) is 19.1 Å². The molecular formula is C16H24FNO5. The molecule has 0 spiro atoms. The fourth-order valence-electron chi connectivity index (χ4n) is 2.92. The largest absolute Gasteiger partial charge is 0.387 e. The van der Waals surface area contributed by atoms with Crippen molar-refractivity contribution in [2.45, 2.75) is 44.6 Å². The molecule has 3 aliphatic rings. The van der Waals surface area contributed by atoms with Gasteiger partial charge in [0.15, 0.2) is 0 Å². The number of hydrogen-bond acceptors (Lipinski definition) is 5. The van der Waals surface area contributed by atoms with E-state index in [1.807, 2.05) is 0 Å². The van der Waals surface area contributed by atoms with E-state index in [4.69, 9.17) is 9.47 Å². The second-order valence-electron chi connectivity index (χ2n) is 5.94. The minimum absolute atomic E-state index is 0.0628. The van der Waals surface area contributed by atoms with E-state index in [2.05, 4.69) is 5.32 Å². The topological polar surface area (TPSA) is 84.9 Å². The molecule has 130 valence electrons. The number of carbonyl (C=O) groups excluding carboxylic acids is 2. The van der Waals surface area contributed by atoms with Crippen molar-refractivity contribution in [1.29, 1.82) is 0 Å². The van der Waals surface area contributed by atoms with Gasteiger partial charge < -0.3 is 14.6 Å². The number of ether oxygens (including phenoxy) is 2. The maximum absolute atomic E-state index is 14.1. The molecule has 6 nitrogen and oxygen atoms in total. The first-order valence-corrected chi connectivity index (χ1v) is 8.09. The Balaban J connectivity index is 0.000000326. The van der Waals surface area contributed by atoms with Crippen molar-refractivity contribution in [3.63, 3.8) is 0 Å². The molecule has 3 heterocycles. The highest BCUT2D eigenvalue weighted by molar-refractivity contribution is 6.05. The Morgan fingerprint density at radius 1 is 1.35 bits per heavy atom. The quantitative estimate of drug-likeness (QED) is 0.730. The molecule has 3 rings (SSSR count). The molecule has 0 radical (unpaired) electrons. The fourth-order valence-corrected chi connectivity index (χ4v) is 2.92. The number of hydrogen-bond donors (Lipinski definition) is 2. The maximum Gasteiger partial charge on any atom is 0.250 e. The Bertz CT molecular complexity index is 444. The van der Waals surface area contributed by atoms with Crippen LogP contribution in [0.1, 0.15) is 26.2 Å². The van der Waals surface area contributed by atoms with E-state index in [1.165, 1.54) is 25.0 Å². The van der Waals surface area contributed by atoms with Gasteiger partial charge in [-0.1, -0.05) is 13.0 Å². The van der Waals surface area contributed by atoms with E-state index < -0.39 is 42.0 Å². The highest BCUT2D eigenvalue weighted by atomic mass is 19.1. The Morgan fingerprint density at radius 2 is 2.04 bits per heavy atom. The van der Waals surface area contributed by atoms with Gasteiger partial charge in [0.25, 0.3) is 0 Å². The molecule has 0 aromatic carbocycles. The van der Waals surface area contributed by atoms with Crippen LogP contribution in [0.3, 0.4) is 0 Å². The lowest BCUT2D eigenvalue weighted by molar-refractivity contribution is -0.157. The second-order valence-corrected chi connectivity index (χ2v) is 5.94. The van der Waals surface area contributed by atoms with Crippen LogP contribution in [-0.2, 0) is 19.1 Å². The van der Waals surface area contributed by atoms with Gasteiger partial charge in [-0.2, -0.15) is 0 Å². The Labute approximate surface area is 135 Å². The Kier molecular flexibility index (Phi) is 6.68. The van der Waals surface area contributed by atoms with Gasteiger partial charge in [-0.15, -0.1) is 0 Å². The highest BCUT2D eigenvalue weighted by Gasteiger charge is 2.44. The monoisotopic (exact) mass is 329 g/mol. The third-order valence-electron chi connectivity index (χ3n) is 4.31. The molecule has 5 unspecified atom stereocenters. The van der Waals surface area contributed by atoms with Crippen LogP contribution in [0.25, 0.3) is 0 Å². The normalized spacial score (nSPS) is 37.1. The standard InChI is InChI=1S/C12H16FNO4.C4H8O/c1-2-8-11(16)10(13)7(5-18-8)6-3-4-9(15)14-12(6)17;1-2-4-5-3-1/h3-4,6-8,10-11,16H,2,5H2,1H3,(H,14,15,17);1-4H2. The first kappa shape index (κ1) is 18.0. The smallest absolute Gasteiger partial charge is 0.250 e. The molecule has 0 aromatic heterocycles. The van der Waals surface area contributed by atoms with Gasteiger partial charge in [0.2, 0.25) is 11.8 Å². The van der Waals surface area contributed by atoms with Crippen molar-refractivity contribution >= 4 is 11.8 Å². The molecular weight excluding hydrogens is 305 g/mol. The Morgan fingerprint density at radius 3 is 2.57 bits per heavy atom. The van der Waals surface area contributed by atoms with Crippen molar-refractivity contribution in [2.75, 3.05) is 19.8 Å². The number of carbonyl (C=O) groups is 2. The number of halogens is 1. The minimum atomic E-state index is -1.53. The van der Waals surface area contributed by atoms with E-state index in [0.29, 0.717) is 6.42 Å². The molecule has 0 bridgehead atoms. The second kappa shape index (κ2) is 8.52. The maximum atomic E-state index is 14.1. The number of rotatable bonds is 2. The summed E-state index contributed by atoms with van der Waals surface area (Å²) in [6.07, 6.45) is 2.36. The summed E-state index contributed by atoms with van der Waals surface area (Å²) in [4.78, 5) is 22.6. The molecule has 23 heavy (non-hydrogen) atoms. The van der Waals surface area contributed by atoms with Gasteiger partial charge in [0.05, 0.1) is 18.6 Å².